The molecule has 0 fully saturated rings. The van der Waals surface area contributed by atoms with Crippen molar-refractivity contribution in [1.82, 2.24) is 14.8 Å². The second-order valence-electron chi connectivity index (χ2n) is 4.85. The van der Waals surface area contributed by atoms with Crippen molar-refractivity contribution in [3.63, 3.8) is 0 Å². The van der Waals surface area contributed by atoms with E-state index in [2.05, 4.69) is 10.1 Å². The number of benzene rings is 1. The number of alkyl halides is 3. The number of hydrogen-bond acceptors (Lipinski definition) is 3. The number of nitrogens with zero attached hydrogens (tertiary/aromatic N) is 2. The molecule has 0 saturated carbocycles. The summed E-state index contributed by atoms with van der Waals surface area (Å²) in [5, 5.41) is 12.4. The molecule has 5 nitrogen and oxygen atoms in total. The van der Waals surface area contributed by atoms with Crippen LogP contribution in [0.2, 0.25) is 0 Å². The summed E-state index contributed by atoms with van der Waals surface area (Å²) in [5.74, 6) is -1.74. The minimum Gasteiger partial charge on any atom is -0.503 e. The number of aryl methyl sites for hydroxylation is 1. The van der Waals surface area contributed by atoms with E-state index in [1.54, 1.807) is 0 Å². The fourth-order valence-corrected chi connectivity index (χ4v) is 2.35. The Balaban J connectivity index is 2.43. The van der Waals surface area contributed by atoms with E-state index >= 15 is 0 Å². The highest BCUT2D eigenvalue weighted by Gasteiger charge is 2.38. The lowest BCUT2D eigenvalue weighted by atomic mass is 10.1. The van der Waals surface area contributed by atoms with E-state index in [9.17, 15) is 27.5 Å². The molecule has 0 aliphatic rings. The molecule has 0 aliphatic carbocycles. The van der Waals surface area contributed by atoms with Gasteiger partial charge in [0.2, 0.25) is 5.43 Å². The number of hydrogen-bond donors (Lipinski definition) is 2. The van der Waals surface area contributed by atoms with Crippen LogP contribution in [0.3, 0.4) is 0 Å². The Labute approximate surface area is 125 Å². The van der Waals surface area contributed by atoms with Crippen molar-refractivity contribution < 1.29 is 22.7 Å². The van der Waals surface area contributed by atoms with Crippen LogP contribution in [-0.4, -0.2) is 19.9 Å². The number of rotatable bonds is 1. The van der Waals surface area contributed by atoms with E-state index in [-0.39, 0.29) is 16.9 Å². The summed E-state index contributed by atoms with van der Waals surface area (Å²) in [6.45, 7) is 0. The molecular formula is C14H9F4N3O2. The maximum atomic E-state index is 13.8. The van der Waals surface area contributed by atoms with Crippen molar-refractivity contribution in [2.45, 2.75) is 6.18 Å². The molecule has 2 aromatic heterocycles. The van der Waals surface area contributed by atoms with Gasteiger partial charge in [0.1, 0.15) is 16.9 Å². The summed E-state index contributed by atoms with van der Waals surface area (Å²) < 4.78 is 53.5. The molecule has 0 bridgehead atoms. The molecule has 0 aliphatic heterocycles. The smallest absolute Gasteiger partial charge is 0.435 e. The molecule has 0 spiro atoms. The highest BCUT2D eigenvalue weighted by molar-refractivity contribution is 5.85. The maximum absolute atomic E-state index is 13.8. The lowest BCUT2D eigenvalue weighted by Crippen LogP contribution is -2.12. The number of pyridine rings is 1. The molecule has 23 heavy (non-hydrogen) atoms. The van der Waals surface area contributed by atoms with Crippen LogP contribution in [0.25, 0.3) is 22.3 Å². The van der Waals surface area contributed by atoms with Crippen molar-refractivity contribution in [2.24, 2.45) is 7.05 Å². The summed E-state index contributed by atoms with van der Waals surface area (Å²) in [7, 11) is 1.20. The number of H-pyrrole nitrogens is 1. The molecule has 3 rings (SSSR count). The Kier molecular flexibility index (Phi) is 3.17. The van der Waals surface area contributed by atoms with Gasteiger partial charge in [0, 0.05) is 12.6 Å². The predicted octanol–water partition coefficient (Wildman–Crippen LogP) is 2.79. The zero-order valence-electron chi connectivity index (χ0n) is 11.6. The molecule has 2 heterocycles. The van der Waals surface area contributed by atoms with Crippen molar-refractivity contribution in [2.75, 3.05) is 0 Å². The first-order valence-corrected chi connectivity index (χ1v) is 6.36. The molecule has 0 unspecified atom stereocenters. The van der Waals surface area contributed by atoms with E-state index < -0.39 is 34.3 Å². The summed E-state index contributed by atoms with van der Waals surface area (Å²) >= 11 is 0. The number of halogens is 4. The Hall–Kier alpha value is -2.84. The zero-order valence-corrected chi connectivity index (χ0v) is 11.6. The molecular weight excluding hydrogens is 318 g/mol. The van der Waals surface area contributed by atoms with Crippen LogP contribution in [0, 0.1) is 5.82 Å². The van der Waals surface area contributed by atoms with E-state index in [0.29, 0.717) is 0 Å². The largest absolute Gasteiger partial charge is 0.503 e. The third-order valence-electron chi connectivity index (χ3n) is 3.38. The molecule has 9 heteroatoms. The molecule has 0 saturated heterocycles. The summed E-state index contributed by atoms with van der Waals surface area (Å²) in [6, 6.07) is 5.25. The van der Waals surface area contributed by atoms with Crippen LogP contribution in [0.1, 0.15) is 5.69 Å². The Morgan fingerprint density at radius 3 is 2.52 bits per heavy atom. The number of fused-ring (bicyclic) bond motifs is 1. The Morgan fingerprint density at radius 2 is 1.91 bits per heavy atom. The van der Waals surface area contributed by atoms with E-state index in [0.717, 1.165) is 10.7 Å². The predicted molar refractivity (Wildman–Crippen MR) is 73.4 cm³/mol. The molecule has 0 atom stereocenters. The van der Waals surface area contributed by atoms with Crippen molar-refractivity contribution in [3.05, 3.63) is 46.0 Å². The molecule has 2 N–H and O–H groups in total. The fraction of sp³-hybridized carbons (Fsp3) is 0.143. The van der Waals surface area contributed by atoms with Crippen LogP contribution in [0.5, 0.6) is 5.75 Å². The van der Waals surface area contributed by atoms with Gasteiger partial charge in [0.15, 0.2) is 11.4 Å². The van der Waals surface area contributed by atoms with Gasteiger partial charge >= 0.3 is 6.18 Å². The second kappa shape index (κ2) is 4.83. The summed E-state index contributed by atoms with van der Waals surface area (Å²) in [4.78, 5) is 14.6. The minimum absolute atomic E-state index is 0.140. The first-order chi connectivity index (χ1) is 10.7. The van der Waals surface area contributed by atoms with Crippen LogP contribution in [-0.2, 0) is 13.2 Å². The quantitative estimate of drug-likeness (QED) is 0.675. The summed E-state index contributed by atoms with van der Waals surface area (Å²) in [6.07, 6.45) is -4.86. The molecule has 120 valence electrons. The zero-order chi connectivity index (χ0) is 16.9. The fourth-order valence-electron chi connectivity index (χ4n) is 2.35. The van der Waals surface area contributed by atoms with Crippen LogP contribution in [0.15, 0.2) is 29.1 Å². The summed E-state index contributed by atoms with van der Waals surface area (Å²) in [5.41, 5.74) is -3.39. The monoisotopic (exact) mass is 327 g/mol. The average molecular weight is 327 g/mol. The lowest BCUT2D eigenvalue weighted by molar-refractivity contribution is -0.140. The van der Waals surface area contributed by atoms with Crippen LogP contribution in [0.4, 0.5) is 17.6 Å². The number of aromatic amines is 1. The van der Waals surface area contributed by atoms with Gasteiger partial charge in [-0.2, -0.15) is 18.3 Å². The Bertz CT molecular complexity index is 973. The van der Waals surface area contributed by atoms with Crippen molar-refractivity contribution >= 4 is 11.0 Å². The third kappa shape index (κ3) is 2.24. The standard InChI is InChI=1S/C14H9F4N3O2/c1-21-13-8(12(20-21)14(16,17)18)10(22)11(23)9(19-13)6-4-2-3-5-7(6)15/h2-5,23H,1H3,(H,19,22). The van der Waals surface area contributed by atoms with Gasteiger partial charge in [0.25, 0.3) is 0 Å². The highest BCUT2D eigenvalue weighted by Crippen LogP contribution is 2.35. The van der Waals surface area contributed by atoms with E-state index in [4.69, 9.17) is 0 Å². The lowest BCUT2D eigenvalue weighted by Gasteiger charge is -2.07. The van der Waals surface area contributed by atoms with Gasteiger partial charge in [-0.05, 0) is 12.1 Å². The first-order valence-electron chi connectivity index (χ1n) is 6.36. The van der Waals surface area contributed by atoms with E-state index in [1.165, 1.54) is 25.2 Å². The third-order valence-corrected chi connectivity index (χ3v) is 3.38. The second-order valence-corrected chi connectivity index (χ2v) is 4.85. The topological polar surface area (TPSA) is 70.9 Å². The van der Waals surface area contributed by atoms with Gasteiger partial charge in [-0.15, -0.1) is 0 Å². The molecule has 0 amide bonds. The van der Waals surface area contributed by atoms with Gasteiger partial charge in [-0.1, -0.05) is 12.1 Å². The van der Waals surface area contributed by atoms with Crippen LogP contribution >= 0.6 is 0 Å². The van der Waals surface area contributed by atoms with E-state index in [1.807, 2.05) is 0 Å². The van der Waals surface area contributed by atoms with Crippen LogP contribution < -0.4 is 5.43 Å². The van der Waals surface area contributed by atoms with Gasteiger partial charge in [-0.25, -0.2) is 4.39 Å². The Morgan fingerprint density at radius 1 is 1.26 bits per heavy atom. The number of aromatic hydroxyl groups is 1. The average Bonchev–Trinajstić information content (AvgIpc) is 2.81. The SMILES string of the molecule is Cn1nc(C(F)(F)F)c2c(=O)c(O)c(-c3ccccc3F)[nH]c21. The van der Waals surface area contributed by atoms with Gasteiger partial charge in [0.05, 0.1) is 5.69 Å². The number of aromatic nitrogens is 3. The van der Waals surface area contributed by atoms with Crippen molar-refractivity contribution in [3.8, 4) is 17.0 Å². The van der Waals surface area contributed by atoms with Crippen molar-refractivity contribution in [1.29, 1.82) is 0 Å². The maximum Gasteiger partial charge on any atom is 0.435 e. The first kappa shape index (κ1) is 15.1. The number of nitrogens with one attached hydrogen (secondary N) is 1. The van der Waals surface area contributed by atoms with Gasteiger partial charge < -0.3 is 10.1 Å². The van der Waals surface area contributed by atoms with Gasteiger partial charge in [-0.3, -0.25) is 9.48 Å². The highest BCUT2D eigenvalue weighted by atomic mass is 19.4. The molecule has 3 aromatic rings. The molecule has 1 aromatic carbocycles. The molecule has 0 radical (unpaired) electrons. The minimum atomic E-state index is -4.86. The normalized spacial score (nSPS) is 12.0.